The molecule has 0 fully saturated rings. The summed E-state index contributed by atoms with van der Waals surface area (Å²) in [6.07, 6.45) is 0.971. The molecule has 0 bridgehead atoms. The number of nitrogen functional groups attached to an aromatic ring is 1. The molecule has 1 unspecified atom stereocenters. The van der Waals surface area contributed by atoms with Gasteiger partial charge in [0, 0.05) is 17.4 Å². The number of nitrogens with two attached hydrogens (primary N) is 1. The van der Waals surface area contributed by atoms with Crippen LogP contribution in [0.3, 0.4) is 0 Å². The van der Waals surface area contributed by atoms with Crippen LogP contribution in [0.25, 0.3) is 0 Å². The molecular weight excluding hydrogens is 290 g/mol. The molecule has 5 heteroatoms. The van der Waals surface area contributed by atoms with Crippen LogP contribution in [0.2, 0.25) is 0 Å². The largest absolute Gasteiger partial charge is 0.495 e. The van der Waals surface area contributed by atoms with Crippen molar-refractivity contribution in [2.75, 3.05) is 29.6 Å². The second kappa shape index (κ2) is 6.20. The zero-order chi connectivity index (χ0) is 16.4. The standard InChI is InChI=1S/C18H21N3O2/c1-12-9-13-5-3-4-6-16(13)21(12)11-18(22)20-14-7-8-17(23-2)15(19)10-14/h3-8,10,12H,9,11,19H2,1-2H3,(H,20,22). The van der Waals surface area contributed by atoms with Gasteiger partial charge in [-0.05, 0) is 43.2 Å². The number of anilines is 3. The van der Waals surface area contributed by atoms with Crippen LogP contribution < -0.4 is 20.7 Å². The smallest absolute Gasteiger partial charge is 0.243 e. The molecule has 5 nitrogen and oxygen atoms in total. The van der Waals surface area contributed by atoms with Crippen molar-refractivity contribution in [3.05, 3.63) is 48.0 Å². The molecule has 3 rings (SSSR count). The van der Waals surface area contributed by atoms with E-state index in [1.165, 1.54) is 5.56 Å². The molecule has 120 valence electrons. The van der Waals surface area contributed by atoms with Crippen molar-refractivity contribution >= 4 is 23.0 Å². The maximum atomic E-state index is 12.4. The van der Waals surface area contributed by atoms with E-state index in [1.54, 1.807) is 25.3 Å². The predicted molar refractivity (Wildman–Crippen MR) is 93.0 cm³/mol. The number of nitrogens with zero attached hydrogens (tertiary/aromatic N) is 1. The molecule has 0 aliphatic carbocycles. The van der Waals surface area contributed by atoms with E-state index in [0.29, 0.717) is 29.7 Å². The fraction of sp³-hybridized carbons (Fsp3) is 0.278. The topological polar surface area (TPSA) is 67.6 Å². The molecule has 1 amide bonds. The first-order valence-electron chi connectivity index (χ1n) is 7.66. The van der Waals surface area contributed by atoms with Gasteiger partial charge in [-0.2, -0.15) is 0 Å². The summed E-state index contributed by atoms with van der Waals surface area (Å²) >= 11 is 0. The van der Waals surface area contributed by atoms with Crippen molar-refractivity contribution in [2.45, 2.75) is 19.4 Å². The molecular formula is C18H21N3O2. The second-order valence-corrected chi connectivity index (χ2v) is 5.81. The van der Waals surface area contributed by atoms with Gasteiger partial charge in [0.25, 0.3) is 0 Å². The van der Waals surface area contributed by atoms with Crippen LogP contribution in [0, 0.1) is 0 Å². The first kappa shape index (κ1) is 15.2. The maximum absolute atomic E-state index is 12.4. The summed E-state index contributed by atoms with van der Waals surface area (Å²) in [4.78, 5) is 14.5. The van der Waals surface area contributed by atoms with Crippen molar-refractivity contribution in [3.8, 4) is 5.75 Å². The Hall–Kier alpha value is -2.69. The summed E-state index contributed by atoms with van der Waals surface area (Å²) in [5.74, 6) is 0.545. The first-order valence-corrected chi connectivity index (χ1v) is 7.66. The molecule has 0 radical (unpaired) electrons. The average molecular weight is 311 g/mol. The minimum Gasteiger partial charge on any atom is -0.495 e. The Bertz CT molecular complexity index is 730. The van der Waals surface area contributed by atoms with Crippen molar-refractivity contribution in [1.29, 1.82) is 0 Å². The summed E-state index contributed by atoms with van der Waals surface area (Å²) in [7, 11) is 1.57. The van der Waals surface area contributed by atoms with Gasteiger partial charge in [-0.25, -0.2) is 0 Å². The molecule has 0 saturated heterocycles. The van der Waals surface area contributed by atoms with E-state index in [-0.39, 0.29) is 5.91 Å². The molecule has 2 aromatic carbocycles. The molecule has 3 N–H and O–H groups in total. The van der Waals surface area contributed by atoms with Crippen LogP contribution in [0.1, 0.15) is 12.5 Å². The lowest BCUT2D eigenvalue weighted by atomic mass is 10.1. The van der Waals surface area contributed by atoms with Crippen molar-refractivity contribution in [1.82, 2.24) is 0 Å². The summed E-state index contributed by atoms with van der Waals surface area (Å²) in [6.45, 7) is 2.46. The van der Waals surface area contributed by atoms with Gasteiger partial charge < -0.3 is 20.7 Å². The highest BCUT2D eigenvalue weighted by Crippen LogP contribution is 2.31. The number of ether oxygens (including phenoxy) is 1. The summed E-state index contributed by atoms with van der Waals surface area (Å²) in [6, 6.07) is 13.8. The third kappa shape index (κ3) is 3.08. The van der Waals surface area contributed by atoms with Crippen LogP contribution in [-0.4, -0.2) is 25.6 Å². The Morgan fingerprint density at radius 2 is 2.13 bits per heavy atom. The van der Waals surface area contributed by atoms with Gasteiger partial charge >= 0.3 is 0 Å². The number of fused-ring (bicyclic) bond motifs is 1. The van der Waals surface area contributed by atoms with E-state index in [2.05, 4.69) is 29.3 Å². The van der Waals surface area contributed by atoms with Crippen LogP contribution in [0.15, 0.2) is 42.5 Å². The summed E-state index contributed by atoms with van der Waals surface area (Å²) < 4.78 is 5.12. The molecule has 1 heterocycles. The highest BCUT2D eigenvalue weighted by atomic mass is 16.5. The highest BCUT2D eigenvalue weighted by molar-refractivity contribution is 5.95. The highest BCUT2D eigenvalue weighted by Gasteiger charge is 2.26. The van der Waals surface area contributed by atoms with E-state index in [4.69, 9.17) is 10.5 Å². The maximum Gasteiger partial charge on any atom is 0.243 e. The third-order valence-corrected chi connectivity index (χ3v) is 4.18. The van der Waals surface area contributed by atoms with Gasteiger partial charge in [-0.3, -0.25) is 4.79 Å². The van der Waals surface area contributed by atoms with Gasteiger partial charge in [0.2, 0.25) is 5.91 Å². The Balaban J connectivity index is 1.69. The van der Waals surface area contributed by atoms with Crippen LogP contribution in [0.5, 0.6) is 5.75 Å². The third-order valence-electron chi connectivity index (χ3n) is 4.18. The summed E-state index contributed by atoms with van der Waals surface area (Å²) in [5, 5.41) is 2.90. The quantitative estimate of drug-likeness (QED) is 0.852. The van der Waals surface area contributed by atoms with E-state index in [0.717, 1.165) is 12.1 Å². The van der Waals surface area contributed by atoms with E-state index in [9.17, 15) is 4.79 Å². The molecule has 23 heavy (non-hydrogen) atoms. The average Bonchev–Trinajstić information content (AvgIpc) is 2.83. The number of methoxy groups -OCH3 is 1. The normalized spacial score (nSPS) is 16.1. The number of para-hydroxylation sites is 1. The van der Waals surface area contributed by atoms with Crippen molar-refractivity contribution in [2.24, 2.45) is 0 Å². The van der Waals surface area contributed by atoms with Crippen LogP contribution >= 0.6 is 0 Å². The Labute approximate surface area is 136 Å². The van der Waals surface area contributed by atoms with Crippen LogP contribution in [0.4, 0.5) is 17.1 Å². The first-order chi connectivity index (χ1) is 11.1. The lowest BCUT2D eigenvalue weighted by Crippen LogP contribution is -2.37. The number of hydrogen-bond acceptors (Lipinski definition) is 4. The predicted octanol–water partition coefficient (Wildman–Crippen LogP) is 2.67. The number of rotatable bonds is 4. The number of benzene rings is 2. The van der Waals surface area contributed by atoms with Crippen molar-refractivity contribution < 1.29 is 9.53 Å². The minimum atomic E-state index is -0.0573. The van der Waals surface area contributed by atoms with E-state index < -0.39 is 0 Å². The van der Waals surface area contributed by atoms with Gasteiger partial charge in [-0.15, -0.1) is 0 Å². The Morgan fingerprint density at radius 3 is 2.87 bits per heavy atom. The fourth-order valence-electron chi connectivity index (χ4n) is 3.04. The number of carbonyl (C=O) groups excluding carboxylic acids is 1. The number of hydrogen-bond donors (Lipinski definition) is 2. The molecule has 0 saturated carbocycles. The van der Waals surface area contributed by atoms with Gasteiger partial charge in [0.15, 0.2) is 0 Å². The molecule has 1 aliphatic rings. The SMILES string of the molecule is COc1ccc(NC(=O)CN2c3ccccc3CC2C)cc1N. The lowest BCUT2D eigenvalue weighted by Gasteiger charge is -2.24. The number of amides is 1. The van der Waals surface area contributed by atoms with E-state index in [1.807, 2.05) is 12.1 Å². The van der Waals surface area contributed by atoms with Crippen LogP contribution in [-0.2, 0) is 11.2 Å². The number of nitrogens with one attached hydrogen (secondary N) is 1. The lowest BCUT2D eigenvalue weighted by molar-refractivity contribution is -0.115. The molecule has 0 aromatic heterocycles. The van der Waals surface area contributed by atoms with Crippen molar-refractivity contribution in [3.63, 3.8) is 0 Å². The monoisotopic (exact) mass is 311 g/mol. The molecule has 1 atom stereocenters. The van der Waals surface area contributed by atoms with Gasteiger partial charge in [0.05, 0.1) is 19.3 Å². The Kier molecular flexibility index (Phi) is 4.10. The van der Waals surface area contributed by atoms with Gasteiger partial charge in [-0.1, -0.05) is 18.2 Å². The fourth-order valence-corrected chi connectivity index (χ4v) is 3.04. The number of carbonyl (C=O) groups is 1. The zero-order valence-electron chi connectivity index (χ0n) is 13.4. The van der Waals surface area contributed by atoms with Gasteiger partial charge in [0.1, 0.15) is 5.75 Å². The second-order valence-electron chi connectivity index (χ2n) is 5.81. The zero-order valence-corrected chi connectivity index (χ0v) is 13.4. The van der Waals surface area contributed by atoms with E-state index >= 15 is 0 Å². The molecule has 0 spiro atoms. The summed E-state index contributed by atoms with van der Waals surface area (Å²) in [5.41, 5.74) is 9.49. The minimum absolute atomic E-state index is 0.0573. The molecule has 1 aliphatic heterocycles. The molecule has 2 aromatic rings. The Morgan fingerprint density at radius 1 is 1.35 bits per heavy atom.